The van der Waals surface area contributed by atoms with E-state index in [1.807, 2.05) is 0 Å². The van der Waals surface area contributed by atoms with Gasteiger partial charge in [0.25, 0.3) is 17.5 Å². The van der Waals surface area contributed by atoms with Crippen molar-refractivity contribution >= 4 is 45.0 Å². The third-order valence-electron chi connectivity index (χ3n) is 2.90. The van der Waals surface area contributed by atoms with Crippen molar-refractivity contribution in [2.75, 3.05) is 0 Å². The highest BCUT2D eigenvalue weighted by Gasteiger charge is 2.17. The molecule has 0 aliphatic rings. The van der Waals surface area contributed by atoms with E-state index in [1.54, 1.807) is 23.9 Å². The van der Waals surface area contributed by atoms with Gasteiger partial charge in [-0.15, -0.1) is 0 Å². The topological polar surface area (TPSA) is 106 Å². The highest BCUT2D eigenvalue weighted by Crippen LogP contribution is 2.21. The lowest BCUT2D eigenvalue weighted by Crippen LogP contribution is -2.42. The zero-order chi connectivity index (χ0) is 17.1. The standard InChI is InChI=1S/C13H10BrClN4O4/c1-18-6-7(14)4-11(18)13(21)17-16-12(20)9-5-8(19(22)23)2-3-10(9)15/h2-6H,1H3,(H,16,20)(H,17,21). The van der Waals surface area contributed by atoms with Gasteiger partial charge in [0.2, 0.25) is 0 Å². The number of carbonyl (C=O) groups excluding carboxylic acids is 2. The van der Waals surface area contributed by atoms with Gasteiger partial charge in [0.15, 0.2) is 0 Å². The molecule has 2 N–H and O–H groups in total. The van der Waals surface area contributed by atoms with Crippen LogP contribution in [0.1, 0.15) is 20.8 Å². The molecule has 0 radical (unpaired) electrons. The predicted octanol–water partition coefficient (Wildman–Crippen LogP) is 2.42. The Bertz CT molecular complexity index is 805. The van der Waals surface area contributed by atoms with E-state index in [-0.39, 0.29) is 16.3 Å². The first kappa shape index (κ1) is 17.0. The molecule has 0 unspecified atom stereocenters. The number of benzene rings is 1. The summed E-state index contributed by atoms with van der Waals surface area (Å²) in [5, 5.41) is 10.8. The average molecular weight is 402 g/mol. The van der Waals surface area contributed by atoms with Crippen molar-refractivity contribution in [3.05, 3.63) is 61.3 Å². The fourth-order valence-electron chi connectivity index (χ4n) is 1.80. The number of nitrogens with zero attached hydrogens (tertiary/aromatic N) is 2. The number of aromatic nitrogens is 1. The number of carbonyl (C=O) groups is 2. The molecule has 1 aromatic carbocycles. The summed E-state index contributed by atoms with van der Waals surface area (Å²) in [6, 6.07) is 5.02. The number of non-ortho nitro benzene ring substituents is 1. The molecule has 0 aliphatic heterocycles. The second kappa shape index (κ2) is 6.80. The van der Waals surface area contributed by atoms with Gasteiger partial charge in [-0.1, -0.05) is 11.6 Å². The number of aryl methyl sites for hydroxylation is 1. The Labute approximate surface area is 143 Å². The maximum Gasteiger partial charge on any atom is 0.286 e. The van der Waals surface area contributed by atoms with E-state index in [4.69, 9.17) is 11.6 Å². The van der Waals surface area contributed by atoms with Crippen molar-refractivity contribution < 1.29 is 14.5 Å². The van der Waals surface area contributed by atoms with Crippen LogP contribution in [0.4, 0.5) is 5.69 Å². The summed E-state index contributed by atoms with van der Waals surface area (Å²) in [6.07, 6.45) is 1.67. The van der Waals surface area contributed by atoms with Gasteiger partial charge in [-0.05, 0) is 28.1 Å². The van der Waals surface area contributed by atoms with Crippen LogP contribution >= 0.6 is 27.5 Å². The molecule has 0 aliphatic carbocycles. The molecule has 0 fully saturated rings. The third-order valence-corrected chi connectivity index (χ3v) is 3.66. The Kier molecular flexibility index (Phi) is 5.02. The lowest BCUT2D eigenvalue weighted by Gasteiger charge is -2.09. The van der Waals surface area contributed by atoms with Gasteiger partial charge in [0.05, 0.1) is 15.5 Å². The molecule has 2 aromatic rings. The maximum atomic E-state index is 12.0. The van der Waals surface area contributed by atoms with E-state index < -0.39 is 16.7 Å². The number of hydrogen-bond acceptors (Lipinski definition) is 4. The minimum absolute atomic E-state index is 0.0314. The van der Waals surface area contributed by atoms with E-state index in [0.717, 1.165) is 6.07 Å². The Morgan fingerprint density at radius 2 is 1.91 bits per heavy atom. The summed E-state index contributed by atoms with van der Waals surface area (Å²) in [4.78, 5) is 34.1. The molecule has 0 saturated heterocycles. The van der Waals surface area contributed by atoms with Crippen LogP contribution in [0.5, 0.6) is 0 Å². The number of nitro groups is 1. The van der Waals surface area contributed by atoms with Crippen molar-refractivity contribution in [1.29, 1.82) is 0 Å². The lowest BCUT2D eigenvalue weighted by atomic mass is 10.2. The van der Waals surface area contributed by atoms with Crippen LogP contribution in [0.3, 0.4) is 0 Å². The number of hydrazine groups is 1. The lowest BCUT2D eigenvalue weighted by molar-refractivity contribution is -0.384. The van der Waals surface area contributed by atoms with E-state index >= 15 is 0 Å². The first-order chi connectivity index (χ1) is 10.8. The summed E-state index contributed by atoms with van der Waals surface area (Å²) in [7, 11) is 1.67. The molecule has 0 bridgehead atoms. The minimum atomic E-state index is -0.764. The van der Waals surface area contributed by atoms with Crippen molar-refractivity contribution in [3.63, 3.8) is 0 Å². The van der Waals surface area contributed by atoms with E-state index in [2.05, 4.69) is 26.8 Å². The van der Waals surface area contributed by atoms with Gasteiger partial charge >= 0.3 is 0 Å². The summed E-state index contributed by atoms with van der Waals surface area (Å²) in [6.45, 7) is 0. The van der Waals surface area contributed by atoms with Crippen LogP contribution in [0, 0.1) is 10.1 Å². The summed E-state index contributed by atoms with van der Waals surface area (Å²) >= 11 is 9.08. The summed E-state index contributed by atoms with van der Waals surface area (Å²) < 4.78 is 2.27. The zero-order valence-corrected chi connectivity index (χ0v) is 14.0. The molecule has 1 heterocycles. The second-order valence-corrected chi connectivity index (χ2v) is 5.81. The fourth-order valence-corrected chi connectivity index (χ4v) is 2.52. The molecule has 1 aromatic heterocycles. The first-order valence-corrected chi connectivity index (χ1v) is 7.33. The number of nitrogens with one attached hydrogen (secondary N) is 2. The molecule has 10 heteroatoms. The molecule has 23 heavy (non-hydrogen) atoms. The van der Waals surface area contributed by atoms with Gasteiger partial charge < -0.3 is 4.57 Å². The van der Waals surface area contributed by atoms with Crippen LogP contribution in [-0.2, 0) is 7.05 Å². The smallest absolute Gasteiger partial charge is 0.286 e. The van der Waals surface area contributed by atoms with Gasteiger partial charge in [0, 0.05) is 29.8 Å². The van der Waals surface area contributed by atoms with Crippen LogP contribution < -0.4 is 10.9 Å². The van der Waals surface area contributed by atoms with Gasteiger partial charge in [0.1, 0.15) is 5.69 Å². The van der Waals surface area contributed by atoms with E-state index in [0.29, 0.717) is 10.2 Å². The van der Waals surface area contributed by atoms with Crippen molar-refractivity contribution in [3.8, 4) is 0 Å². The number of halogens is 2. The number of amides is 2. The maximum absolute atomic E-state index is 12.0. The van der Waals surface area contributed by atoms with Crippen molar-refractivity contribution in [2.45, 2.75) is 0 Å². The normalized spacial score (nSPS) is 10.2. The van der Waals surface area contributed by atoms with Gasteiger partial charge in [-0.3, -0.25) is 30.6 Å². The Morgan fingerprint density at radius 1 is 1.26 bits per heavy atom. The number of nitro benzene ring substituents is 1. The van der Waals surface area contributed by atoms with Crippen molar-refractivity contribution in [1.82, 2.24) is 15.4 Å². The Morgan fingerprint density at radius 3 is 2.48 bits per heavy atom. The van der Waals surface area contributed by atoms with E-state index in [1.165, 1.54) is 12.1 Å². The molecule has 0 atom stereocenters. The third kappa shape index (κ3) is 3.88. The minimum Gasteiger partial charge on any atom is -0.345 e. The fraction of sp³-hybridized carbons (Fsp3) is 0.0769. The van der Waals surface area contributed by atoms with Gasteiger partial charge in [-0.25, -0.2) is 0 Å². The quantitative estimate of drug-likeness (QED) is 0.608. The monoisotopic (exact) mass is 400 g/mol. The molecule has 120 valence electrons. The molecule has 0 saturated carbocycles. The highest BCUT2D eigenvalue weighted by molar-refractivity contribution is 9.10. The van der Waals surface area contributed by atoms with Crippen LogP contribution in [0.15, 0.2) is 34.9 Å². The molecular formula is C13H10BrClN4O4. The Balaban J connectivity index is 2.11. The van der Waals surface area contributed by atoms with Crippen LogP contribution in [0.2, 0.25) is 5.02 Å². The Hall–Kier alpha value is -2.39. The first-order valence-electron chi connectivity index (χ1n) is 6.16. The van der Waals surface area contributed by atoms with Gasteiger partial charge in [-0.2, -0.15) is 0 Å². The number of hydrogen-bond donors (Lipinski definition) is 2. The second-order valence-electron chi connectivity index (χ2n) is 4.48. The highest BCUT2D eigenvalue weighted by atomic mass is 79.9. The van der Waals surface area contributed by atoms with Crippen LogP contribution in [-0.4, -0.2) is 21.3 Å². The van der Waals surface area contributed by atoms with Crippen molar-refractivity contribution in [2.24, 2.45) is 7.05 Å². The van der Waals surface area contributed by atoms with Crippen LogP contribution in [0.25, 0.3) is 0 Å². The van der Waals surface area contributed by atoms with E-state index in [9.17, 15) is 19.7 Å². The summed E-state index contributed by atoms with van der Waals surface area (Å²) in [5.74, 6) is -1.31. The molecule has 0 spiro atoms. The number of rotatable bonds is 3. The molecular weight excluding hydrogens is 392 g/mol. The molecule has 8 nitrogen and oxygen atoms in total. The zero-order valence-electron chi connectivity index (χ0n) is 11.7. The summed E-state index contributed by atoms with van der Waals surface area (Å²) in [5.41, 5.74) is 4.30. The molecule has 2 rings (SSSR count). The average Bonchev–Trinajstić information content (AvgIpc) is 2.83. The largest absolute Gasteiger partial charge is 0.345 e. The predicted molar refractivity (Wildman–Crippen MR) is 86.2 cm³/mol. The SMILES string of the molecule is Cn1cc(Br)cc1C(=O)NNC(=O)c1cc([N+](=O)[O-])ccc1Cl. The molecule has 2 amide bonds.